The molecule has 0 aliphatic heterocycles. The number of nitrogens with zero attached hydrogens (tertiary/aromatic N) is 2. The van der Waals surface area contributed by atoms with Crippen molar-refractivity contribution in [1.29, 1.82) is 0 Å². The maximum atomic E-state index is 13.0. The van der Waals surface area contributed by atoms with Crippen molar-refractivity contribution in [3.05, 3.63) is 51.9 Å². The molecule has 3 rings (SSSR count). The molecule has 3 N–H and O–H groups in total. The number of amides is 1. The summed E-state index contributed by atoms with van der Waals surface area (Å²) in [6.07, 6.45) is 1.93. The molecule has 0 fully saturated rings. The van der Waals surface area contributed by atoms with Crippen LogP contribution in [0.15, 0.2) is 30.3 Å². The van der Waals surface area contributed by atoms with Gasteiger partial charge in [0.05, 0.1) is 5.52 Å². The molecule has 9 heteroatoms. The highest BCUT2D eigenvalue weighted by Crippen LogP contribution is 2.19. The first kappa shape index (κ1) is 19.4. The molecule has 2 heterocycles. The van der Waals surface area contributed by atoms with Gasteiger partial charge in [0.2, 0.25) is 17.8 Å². The van der Waals surface area contributed by atoms with Gasteiger partial charge in [0, 0.05) is 29.6 Å². The number of carbonyl (C=O) groups excluding carboxylic acids is 1. The number of H-pyrrole nitrogens is 1. The number of halogens is 3. The molecule has 0 atom stereocenters. The van der Waals surface area contributed by atoms with Crippen LogP contribution in [0.4, 0.5) is 10.3 Å². The SMILES string of the molecule is O=C(CCCCNc1nc2nc(F)ccc2[nH]1)NCc1cc(Cl)cc(Cl)c1. The van der Waals surface area contributed by atoms with Gasteiger partial charge in [-0.3, -0.25) is 4.79 Å². The molecule has 0 bridgehead atoms. The highest BCUT2D eigenvalue weighted by molar-refractivity contribution is 6.34. The summed E-state index contributed by atoms with van der Waals surface area (Å²) in [5.41, 5.74) is 1.86. The van der Waals surface area contributed by atoms with Crippen LogP contribution in [0.5, 0.6) is 0 Å². The van der Waals surface area contributed by atoms with Crippen molar-refractivity contribution in [3.63, 3.8) is 0 Å². The van der Waals surface area contributed by atoms with E-state index >= 15 is 0 Å². The molecule has 0 unspecified atom stereocenters. The van der Waals surface area contributed by atoms with Crippen LogP contribution in [0.3, 0.4) is 0 Å². The van der Waals surface area contributed by atoms with Crippen molar-refractivity contribution >= 4 is 46.2 Å². The summed E-state index contributed by atoms with van der Waals surface area (Å²) in [5.74, 6) is -0.0634. The second-order valence-corrected chi connectivity index (χ2v) is 6.90. The van der Waals surface area contributed by atoms with Gasteiger partial charge in [-0.15, -0.1) is 0 Å². The number of aromatic nitrogens is 3. The third-order valence-electron chi connectivity index (χ3n) is 3.85. The molecule has 6 nitrogen and oxygen atoms in total. The fourth-order valence-corrected chi connectivity index (χ4v) is 3.14. The van der Waals surface area contributed by atoms with Crippen LogP contribution < -0.4 is 10.6 Å². The summed E-state index contributed by atoms with van der Waals surface area (Å²) in [7, 11) is 0. The Bertz CT molecular complexity index is 926. The maximum absolute atomic E-state index is 13.0. The van der Waals surface area contributed by atoms with Crippen LogP contribution in [0, 0.1) is 5.95 Å². The van der Waals surface area contributed by atoms with E-state index in [0.29, 0.717) is 46.7 Å². The fourth-order valence-electron chi connectivity index (χ4n) is 2.57. The molecule has 0 spiro atoms. The van der Waals surface area contributed by atoms with Gasteiger partial charge in [-0.1, -0.05) is 23.2 Å². The molecule has 142 valence electrons. The van der Waals surface area contributed by atoms with Gasteiger partial charge in [-0.25, -0.2) is 0 Å². The van der Waals surface area contributed by atoms with Crippen molar-refractivity contribution in [3.8, 4) is 0 Å². The van der Waals surface area contributed by atoms with E-state index in [9.17, 15) is 9.18 Å². The summed E-state index contributed by atoms with van der Waals surface area (Å²) < 4.78 is 13.0. The zero-order valence-electron chi connectivity index (χ0n) is 14.4. The third-order valence-corrected chi connectivity index (χ3v) is 4.28. The Balaban J connectivity index is 1.35. The number of carbonyl (C=O) groups is 1. The van der Waals surface area contributed by atoms with Gasteiger partial charge < -0.3 is 15.6 Å². The average Bonchev–Trinajstić information content (AvgIpc) is 3.00. The van der Waals surface area contributed by atoms with Crippen LogP contribution in [0.1, 0.15) is 24.8 Å². The number of nitrogens with one attached hydrogen (secondary N) is 3. The predicted octanol–water partition coefficient (Wildman–Crippen LogP) is 4.30. The molecule has 0 aliphatic rings. The molecule has 0 radical (unpaired) electrons. The molecular formula is C18H18Cl2FN5O. The Morgan fingerprint density at radius 2 is 1.89 bits per heavy atom. The second kappa shape index (κ2) is 9.01. The van der Waals surface area contributed by atoms with Crippen LogP contribution in [-0.2, 0) is 11.3 Å². The van der Waals surface area contributed by atoms with E-state index in [2.05, 4.69) is 25.6 Å². The number of anilines is 1. The van der Waals surface area contributed by atoms with Gasteiger partial charge in [0.1, 0.15) is 0 Å². The van der Waals surface area contributed by atoms with E-state index in [1.54, 1.807) is 24.3 Å². The fraction of sp³-hybridized carbons (Fsp3) is 0.278. The van der Waals surface area contributed by atoms with Crippen LogP contribution >= 0.6 is 23.2 Å². The molecule has 3 aromatic rings. The molecule has 0 saturated heterocycles. The minimum absolute atomic E-state index is 0.0329. The summed E-state index contributed by atoms with van der Waals surface area (Å²) in [6.45, 7) is 1.03. The summed E-state index contributed by atoms with van der Waals surface area (Å²) in [6, 6.07) is 8.06. The van der Waals surface area contributed by atoms with Crippen LogP contribution in [-0.4, -0.2) is 27.4 Å². The summed E-state index contributed by atoms with van der Waals surface area (Å²) in [5, 5.41) is 7.04. The van der Waals surface area contributed by atoms with E-state index in [-0.39, 0.29) is 5.91 Å². The number of hydrogen-bond acceptors (Lipinski definition) is 4. The minimum Gasteiger partial charge on any atom is -0.356 e. The number of hydrogen-bond donors (Lipinski definition) is 3. The molecule has 2 aromatic heterocycles. The van der Waals surface area contributed by atoms with Crippen molar-refractivity contribution in [2.75, 3.05) is 11.9 Å². The Morgan fingerprint density at radius 1 is 1.11 bits per heavy atom. The molecular weight excluding hydrogens is 392 g/mol. The van der Waals surface area contributed by atoms with E-state index < -0.39 is 5.95 Å². The average molecular weight is 410 g/mol. The monoisotopic (exact) mass is 409 g/mol. The Labute approximate surface area is 165 Å². The number of aromatic amines is 1. The lowest BCUT2D eigenvalue weighted by atomic mass is 10.2. The highest BCUT2D eigenvalue weighted by atomic mass is 35.5. The standard InChI is InChI=1S/C18H18Cl2FN5O/c19-12-7-11(8-13(20)9-12)10-23-16(27)3-1-2-6-22-18-24-14-4-5-15(21)25-17(14)26-18/h4-5,7-9H,1-3,6,10H2,(H,23,27)(H2,22,24,25,26). The van der Waals surface area contributed by atoms with Crippen LogP contribution in [0.25, 0.3) is 11.2 Å². The molecule has 1 amide bonds. The first-order valence-electron chi connectivity index (χ1n) is 8.47. The molecule has 0 aliphatic carbocycles. The normalized spacial score (nSPS) is 10.9. The number of benzene rings is 1. The molecule has 1 aromatic carbocycles. The third kappa shape index (κ3) is 5.80. The van der Waals surface area contributed by atoms with Crippen molar-refractivity contribution in [2.45, 2.75) is 25.8 Å². The van der Waals surface area contributed by atoms with Gasteiger partial charge in [-0.2, -0.15) is 14.4 Å². The lowest BCUT2D eigenvalue weighted by Gasteiger charge is -2.07. The molecule has 0 saturated carbocycles. The summed E-state index contributed by atoms with van der Waals surface area (Å²) >= 11 is 11.9. The van der Waals surface area contributed by atoms with Gasteiger partial charge in [0.25, 0.3) is 0 Å². The topological polar surface area (TPSA) is 82.7 Å². The van der Waals surface area contributed by atoms with E-state index in [1.807, 2.05) is 0 Å². The lowest BCUT2D eigenvalue weighted by molar-refractivity contribution is -0.121. The van der Waals surface area contributed by atoms with E-state index in [4.69, 9.17) is 23.2 Å². The van der Waals surface area contributed by atoms with Crippen molar-refractivity contribution in [2.24, 2.45) is 0 Å². The number of rotatable bonds is 8. The lowest BCUT2D eigenvalue weighted by Crippen LogP contribution is -2.22. The Hall–Kier alpha value is -2.38. The Kier molecular flexibility index (Phi) is 6.47. The number of fused-ring (bicyclic) bond motifs is 1. The van der Waals surface area contributed by atoms with Crippen molar-refractivity contribution in [1.82, 2.24) is 20.3 Å². The first-order chi connectivity index (χ1) is 13.0. The Morgan fingerprint density at radius 3 is 2.67 bits per heavy atom. The highest BCUT2D eigenvalue weighted by Gasteiger charge is 2.06. The quantitative estimate of drug-likeness (QED) is 0.382. The van der Waals surface area contributed by atoms with Crippen molar-refractivity contribution < 1.29 is 9.18 Å². The zero-order chi connectivity index (χ0) is 19.2. The first-order valence-corrected chi connectivity index (χ1v) is 9.23. The maximum Gasteiger partial charge on any atom is 0.220 e. The van der Waals surface area contributed by atoms with Gasteiger partial charge >= 0.3 is 0 Å². The largest absolute Gasteiger partial charge is 0.356 e. The zero-order valence-corrected chi connectivity index (χ0v) is 15.9. The summed E-state index contributed by atoms with van der Waals surface area (Å²) in [4.78, 5) is 22.8. The molecule has 27 heavy (non-hydrogen) atoms. The van der Waals surface area contributed by atoms with Gasteiger partial charge in [0.15, 0.2) is 5.65 Å². The number of imidazole rings is 1. The number of unbranched alkanes of at least 4 members (excludes halogenated alkanes) is 1. The van der Waals surface area contributed by atoms with E-state index in [1.165, 1.54) is 6.07 Å². The van der Waals surface area contributed by atoms with Gasteiger partial charge in [-0.05, 0) is 48.7 Å². The smallest absolute Gasteiger partial charge is 0.220 e. The number of pyridine rings is 1. The second-order valence-electron chi connectivity index (χ2n) is 6.03. The van der Waals surface area contributed by atoms with Crippen LogP contribution in [0.2, 0.25) is 10.0 Å². The van der Waals surface area contributed by atoms with E-state index in [0.717, 1.165) is 18.4 Å². The minimum atomic E-state index is -0.563. The predicted molar refractivity (Wildman–Crippen MR) is 104 cm³/mol.